The number of carbonyl (C=O) groups is 2. The number of hydrogen-bond donors (Lipinski definition) is 1. The fourth-order valence-electron chi connectivity index (χ4n) is 2.65. The molecule has 0 saturated carbocycles. The molecule has 2 aliphatic rings. The summed E-state index contributed by atoms with van der Waals surface area (Å²) in [5.74, 6) is -0.961. The minimum atomic E-state index is -0.985. The Morgan fingerprint density at radius 1 is 1.30 bits per heavy atom. The first-order valence-electron chi connectivity index (χ1n) is 6.86. The molecule has 2 saturated heterocycles. The van der Waals surface area contributed by atoms with Gasteiger partial charge in [0, 0.05) is 26.2 Å². The van der Waals surface area contributed by atoms with Crippen molar-refractivity contribution < 1.29 is 24.2 Å². The SMILES string of the molecule is CC1(C)CN(CC(=O)N2CCOCC2)CC(C(=O)O)O1. The second-order valence-corrected chi connectivity index (χ2v) is 5.87. The molecule has 1 atom stereocenters. The molecule has 0 radical (unpaired) electrons. The van der Waals surface area contributed by atoms with E-state index < -0.39 is 17.7 Å². The van der Waals surface area contributed by atoms with E-state index in [0.29, 0.717) is 32.8 Å². The summed E-state index contributed by atoms with van der Waals surface area (Å²) in [5, 5.41) is 9.11. The Kier molecular flexibility index (Phi) is 4.62. The van der Waals surface area contributed by atoms with Crippen molar-refractivity contribution >= 4 is 11.9 Å². The number of amides is 1. The van der Waals surface area contributed by atoms with E-state index in [-0.39, 0.29) is 19.0 Å². The molecule has 7 heteroatoms. The lowest BCUT2D eigenvalue weighted by Crippen LogP contribution is -2.57. The zero-order valence-corrected chi connectivity index (χ0v) is 12.0. The predicted molar refractivity (Wildman–Crippen MR) is 70.4 cm³/mol. The van der Waals surface area contributed by atoms with Crippen molar-refractivity contribution in [3.8, 4) is 0 Å². The van der Waals surface area contributed by atoms with Crippen LogP contribution in [0, 0.1) is 0 Å². The standard InChI is InChI=1S/C13H22N2O5/c1-13(2)9-14(7-10(20-13)12(17)18)8-11(16)15-3-5-19-6-4-15/h10H,3-9H2,1-2H3,(H,17,18). The molecule has 2 heterocycles. The van der Waals surface area contributed by atoms with Gasteiger partial charge in [0.05, 0.1) is 25.4 Å². The summed E-state index contributed by atoms with van der Waals surface area (Å²) in [7, 11) is 0. The second kappa shape index (κ2) is 6.07. The van der Waals surface area contributed by atoms with Gasteiger partial charge >= 0.3 is 5.97 Å². The highest BCUT2D eigenvalue weighted by atomic mass is 16.5. The van der Waals surface area contributed by atoms with E-state index in [9.17, 15) is 9.59 Å². The average Bonchev–Trinajstić information content (AvgIpc) is 2.37. The first kappa shape index (κ1) is 15.2. The van der Waals surface area contributed by atoms with Gasteiger partial charge < -0.3 is 19.5 Å². The number of aliphatic carboxylic acids is 1. The topological polar surface area (TPSA) is 79.3 Å². The van der Waals surface area contributed by atoms with Gasteiger partial charge in [0.1, 0.15) is 0 Å². The molecular formula is C13H22N2O5. The Morgan fingerprint density at radius 2 is 1.95 bits per heavy atom. The first-order valence-corrected chi connectivity index (χ1v) is 6.86. The van der Waals surface area contributed by atoms with Gasteiger partial charge in [0.25, 0.3) is 0 Å². The molecule has 0 aromatic rings. The highest BCUT2D eigenvalue weighted by molar-refractivity contribution is 5.78. The zero-order chi connectivity index (χ0) is 14.8. The number of hydrogen-bond acceptors (Lipinski definition) is 5. The summed E-state index contributed by atoms with van der Waals surface area (Å²) in [5.41, 5.74) is -0.563. The minimum absolute atomic E-state index is 0.0233. The van der Waals surface area contributed by atoms with Gasteiger partial charge in [-0.05, 0) is 13.8 Å². The molecule has 1 N–H and O–H groups in total. The third-order valence-electron chi connectivity index (χ3n) is 3.49. The van der Waals surface area contributed by atoms with Crippen LogP contribution in [0.4, 0.5) is 0 Å². The number of carboxylic acid groups (broad SMARTS) is 1. The van der Waals surface area contributed by atoms with Crippen LogP contribution in [0.3, 0.4) is 0 Å². The smallest absolute Gasteiger partial charge is 0.334 e. The molecular weight excluding hydrogens is 264 g/mol. The Bertz CT molecular complexity index is 379. The van der Waals surface area contributed by atoms with Crippen LogP contribution in [-0.2, 0) is 19.1 Å². The summed E-state index contributed by atoms with van der Waals surface area (Å²) in [6.45, 7) is 7.06. The molecule has 7 nitrogen and oxygen atoms in total. The molecule has 1 amide bonds. The number of carboxylic acids is 1. The van der Waals surface area contributed by atoms with Crippen LogP contribution in [0.5, 0.6) is 0 Å². The quantitative estimate of drug-likeness (QED) is 0.747. The van der Waals surface area contributed by atoms with Crippen molar-refractivity contribution in [1.29, 1.82) is 0 Å². The molecule has 2 fully saturated rings. The van der Waals surface area contributed by atoms with Crippen molar-refractivity contribution in [2.24, 2.45) is 0 Å². The van der Waals surface area contributed by atoms with Crippen molar-refractivity contribution in [2.75, 3.05) is 45.9 Å². The number of ether oxygens (including phenoxy) is 2. The largest absolute Gasteiger partial charge is 0.479 e. The van der Waals surface area contributed by atoms with Crippen molar-refractivity contribution in [2.45, 2.75) is 25.6 Å². The van der Waals surface area contributed by atoms with Crippen molar-refractivity contribution in [1.82, 2.24) is 9.80 Å². The van der Waals surface area contributed by atoms with E-state index in [0.717, 1.165) is 0 Å². The van der Waals surface area contributed by atoms with Crippen molar-refractivity contribution in [3.05, 3.63) is 0 Å². The van der Waals surface area contributed by atoms with Crippen LogP contribution in [0.2, 0.25) is 0 Å². The van der Waals surface area contributed by atoms with Crippen LogP contribution < -0.4 is 0 Å². The van der Waals surface area contributed by atoms with E-state index in [1.54, 1.807) is 4.90 Å². The van der Waals surface area contributed by atoms with Crippen molar-refractivity contribution in [3.63, 3.8) is 0 Å². The van der Waals surface area contributed by atoms with Crippen LogP contribution in [0.1, 0.15) is 13.8 Å². The van der Waals surface area contributed by atoms with Gasteiger partial charge in [-0.15, -0.1) is 0 Å². The molecule has 0 aromatic heterocycles. The number of nitrogens with zero attached hydrogens (tertiary/aromatic N) is 2. The van der Waals surface area contributed by atoms with Gasteiger partial charge in [-0.1, -0.05) is 0 Å². The molecule has 20 heavy (non-hydrogen) atoms. The zero-order valence-electron chi connectivity index (χ0n) is 12.0. The van der Waals surface area contributed by atoms with Gasteiger partial charge in [-0.2, -0.15) is 0 Å². The number of carbonyl (C=O) groups excluding carboxylic acids is 1. The highest BCUT2D eigenvalue weighted by Gasteiger charge is 2.37. The van der Waals surface area contributed by atoms with Gasteiger partial charge in [0.2, 0.25) is 5.91 Å². The molecule has 1 unspecified atom stereocenters. The van der Waals surface area contributed by atoms with Gasteiger partial charge in [-0.3, -0.25) is 9.69 Å². The third-order valence-corrected chi connectivity index (χ3v) is 3.49. The van der Waals surface area contributed by atoms with Crippen LogP contribution in [0.15, 0.2) is 0 Å². The lowest BCUT2D eigenvalue weighted by atomic mass is 10.1. The maximum absolute atomic E-state index is 12.2. The Morgan fingerprint density at radius 3 is 2.55 bits per heavy atom. The normalized spacial score (nSPS) is 27.3. The number of morpholine rings is 2. The summed E-state index contributed by atoms with van der Waals surface area (Å²) < 4.78 is 10.7. The van der Waals surface area contributed by atoms with Crippen LogP contribution in [-0.4, -0.2) is 84.4 Å². The summed E-state index contributed by atoms with van der Waals surface area (Å²) >= 11 is 0. The fraction of sp³-hybridized carbons (Fsp3) is 0.846. The lowest BCUT2D eigenvalue weighted by Gasteiger charge is -2.41. The molecule has 0 aromatic carbocycles. The third kappa shape index (κ3) is 3.91. The van der Waals surface area contributed by atoms with Gasteiger partial charge in [0.15, 0.2) is 6.10 Å². The highest BCUT2D eigenvalue weighted by Crippen LogP contribution is 2.21. The fourth-order valence-corrected chi connectivity index (χ4v) is 2.65. The maximum Gasteiger partial charge on any atom is 0.334 e. The molecule has 114 valence electrons. The van der Waals surface area contributed by atoms with Crippen LogP contribution in [0.25, 0.3) is 0 Å². The molecule has 2 aliphatic heterocycles. The lowest BCUT2D eigenvalue weighted by molar-refractivity contribution is -0.179. The molecule has 2 rings (SSSR count). The van der Waals surface area contributed by atoms with Crippen LogP contribution >= 0.6 is 0 Å². The Labute approximate surface area is 118 Å². The first-order chi connectivity index (χ1) is 9.37. The number of rotatable bonds is 3. The predicted octanol–water partition coefficient (Wildman–Crippen LogP) is -0.591. The average molecular weight is 286 g/mol. The minimum Gasteiger partial charge on any atom is -0.479 e. The van der Waals surface area contributed by atoms with Gasteiger partial charge in [-0.25, -0.2) is 4.79 Å². The summed E-state index contributed by atoms with van der Waals surface area (Å²) in [4.78, 5) is 26.9. The molecule has 0 aliphatic carbocycles. The summed E-state index contributed by atoms with van der Waals surface area (Å²) in [6.07, 6.45) is -0.878. The Hall–Kier alpha value is -1.18. The molecule has 0 bridgehead atoms. The van der Waals surface area contributed by atoms with E-state index in [4.69, 9.17) is 14.6 Å². The maximum atomic E-state index is 12.2. The monoisotopic (exact) mass is 286 g/mol. The van der Waals surface area contributed by atoms with E-state index in [2.05, 4.69) is 0 Å². The second-order valence-electron chi connectivity index (χ2n) is 5.87. The molecule has 0 spiro atoms. The Balaban J connectivity index is 1.93. The van der Waals surface area contributed by atoms with E-state index in [1.807, 2.05) is 18.7 Å². The van der Waals surface area contributed by atoms with E-state index in [1.165, 1.54) is 0 Å². The summed E-state index contributed by atoms with van der Waals surface area (Å²) in [6, 6.07) is 0. The van der Waals surface area contributed by atoms with E-state index >= 15 is 0 Å².